The third-order valence-electron chi connectivity index (χ3n) is 12.1. The third-order valence-corrected chi connectivity index (χ3v) is 12.1. The number of aromatic nitrogens is 4. The fraction of sp³-hybridized carbons (Fsp3) is 0. The number of para-hydroxylation sites is 4. The van der Waals surface area contributed by atoms with Crippen molar-refractivity contribution in [1.29, 1.82) is 0 Å². The molecule has 4 heterocycles. The summed E-state index contributed by atoms with van der Waals surface area (Å²) in [6.45, 7) is 0. The van der Waals surface area contributed by atoms with E-state index in [0.29, 0.717) is 5.95 Å². The molecule has 0 saturated carbocycles. The van der Waals surface area contributed by atoms with E-state index in [0.717, 1.165) is 77.2 Å². The predicted molar refractivity (Wildman–Crippen MR) is 244 cm³/mol. The summed E-state index contributed by atoms with van der Waals surface area (Å²) in [4.78, 5) is 10.7. The zero-order valence-corrected chi connectivity index (χ0v) is 31.7. The molecule has 0 aliphatic carbocycles. The van der Waals surface area contributed by atoms with E-state index >= 15 is 0 Å². The zero-order chi connectivity index (χ0) is 38.6. The molecular weight excluding hydrogens is 721 g/mol. The second-order valence-electron chi connectivity index (χ2n) is 15.3. The molecule has 0 unspecified atom stereocenters. The summed E-state index contributed by atoms with van der Waals surface area (Å²) in [7, 11) is 0. The summed E-state index contributed by atoms with van der Waals surface area (Å²) in [6, 6.07) is 69.0. The first-order chi connectivity index (χ1) is 29.3. The van der Waals surface area contributed by atoms with Crippen molar-refractivity contribution in [1.82, 2.24) is 19.1 Å². The number of fused-ring (bicyclic) bond motifs is 13. The second-order valence-corrected chi connectivity index (χ2v) is 15.3. The van der Waals surface area contributed by atoms with E-state index in [1.807, 2.05) is 18.2 Å². The number of hydrogen-bond acceptors (Lipinski definition) is 3. The molecule has 9 aromatic carbocycles. The monoisotopic (exact) mass is 752 g/mol. The van der Waals surface area contributed by atoms with E-state index in [1.165, 1.54) is 38.1 Å². The topological polar surface area (TPSA) is 48.8 Å². The van der Waals surface area contributed by atoms with Gasteiger partial charge in [0.25, 0.3) is 0 Å². The van der Waals surface area contributed by atoms with Gasteiger partial charge >= 0.3 is 0 Å². The van der Waals surface area contributed by atoms with Gasteiger partial charge in [0.2, 0.25) is 5.95 Å². The zero-order valence-electron chi connectivity index (χ0n) is 31.7. The van der Waals surface area contributed by atoms with Crippen molar-refractivity contribution in [3.8, 4) is 34.0 Å². The van der Waals surface area contributed by atoms with Crippen LogP contribution in [0.15, 0.2) is 199 Å². The van der Waals surface area contributed by atoms with Gasteiger partial charge < -0.3 is 8.98 Å². The van der Waals surface area contributed by atoms with E-state index in [4.69, 9.17) is 14.4 Å². The predicted octanol–water partition coefficient (Wildman–Crippen LogP) is 14.2. The summed E-state index contributed by atoms with van der Waals surface area (Å²) in [5.74, 6) is 0.624. The quantitative estimate of drug-likeness (QED) is 0.180. The Morgan fingerprint density at radius 3 is 1.93 bits per heavy atom. The minimum absolute atomic E-state index is 0.624. The van der Waals surface area contributed by atoms with Crippen LogP contribution < -0.4 is 0 Å². The fourth-order valence-electron chi connectivity index (χ4n) is 9.50. The molecule has 0 amide bonds. The van der Waals surface area contributed by atoms with Gasteiger partial charge in [-0.15, -0.1) is 0 Å². The fourth-order valence-corrected chi connectivity index (χ4v) is 9.50. The van der Waals surface area contributed by atoms with Crippen LogP contribution in [0.4, 0.5) is 0 Å². The first-order valence-electron chi connectivity index (χ1n) is 20.0. The Morgan fingerprint density at radius 2 is 1.05 bits per heavy atom. The van der Waals surface area contributed by atoms with Crippen molar-refractivity contribution < 1.29 is 4.42 Å². The SMILES string of the molecule is c1ccc(-n2c3ccc(-c4ccc(-c5nc(-n6c7ccccc7c7ccc8oc9ccccc9c8c76)nc6ccccc56)cc4)cc3c3c4ccccc4ccc32)cc1. The average Bonchev–Trinajstić information content (AvgIpc) is 3.96. The van der Waals surface area contributed by atoms with Gasteiger partial charge in [0.1, 0.15) is 11.2 Å². The molecule has 4 aromatic heterocycles. The van der Waals surface area contributed by atoms with Crippen LogP contribution in [0.3, 0.4) is 0 Å². The summed E-state index contributed by atoms with van der Waals surface area (Å²) < 4.78 is 11.0. The van der Waals surface area contributed by atoms with E-state index in [1.54, 1.807) is 0 Å². The van der Waals surface area contributed by atoms with Gasteiger partial charge in [-0.25, -0.2) is 9.97 Å². The lowest BCUT2D eigenvalue weighted by Gasteiger charge is -2.12. The van der Waals surface area contributed by atoms with Crippen molar-refractivity contribution in [2.24, 2.45) is 0 Å². The smallest absolute Gasteiger partial charge is 0.235 e. The van der Waals surface area contributed by atoms with Crippen molar-refractivity contribution in [3.05, 3.63) is 194 Å². The standard InChI is InChI=1S/C54H32N4O/c1-2-13-37(14-3-1)57-46-29-27-36(32-43(46)50-38-15-5-4-12-34(38)26-30-47(50)57)33-22-24-35(25-23-33)52-41-17-6-9-19-44(41)55-54(56-52)58-45-20-10-7-16-39(45)40-28-31-49-51(53(40)58)42-18-8-11-21-48(42)59-49/h1-32H. The Kier molecular flexibility index (Phi) is 6.66. The molecule has 5 nitrogen and oxygen atoms in total. The lowest BCUT2D eigenvalue weighted by molar-refractivity contribution is 0.669. The number of benzene rings is 9. The summed E-state index contributed by atoms with van der Waals surface area (Å²) in [6.07, 6.45) is 0. The Balaban J connectivity index is 0.997. The van der Waals surface area contributed by atoms with E-state index in [-0.39, 0.29) is 0 Å². The molecule has 13 aromatic rings. The molecule has 0 spiro atoms. The molecule has 0 saturated heterocycles. The molecule has 0 aliphatic heterocycles. The molecule has 59 heavy (non-hydrogen) atoms. The highest BCUT2D eigenvalue weighted by atomic mass is 16.3. The van der Waals surface area contributed by atoms with Gasteiger partial charge in [-0.2, -0.15) is 0 Å². The molecule has 0 N–H and O–H groups in total. The van der Waals surface area contributed by atoms with Crippen LogP contribution in [0.1, 0.15) is 0 Å². The number of hydrogen-bond donors (Lipinski definition) is 0. The van der Waals surface area contributed by atoms with Gasteiger partial charge in [0.15, 0.2) is 0 Å². The van der Waals surface area contributed by atoms with Crippen molar-refractivity contribution in [3.63, 3.8) is 0 Å². The van der Waals surface area contributed by atoms with Gasteiger partial charge in [0, 0.05) is 43.6 Å². The van der Waals surface area contributed by atoms with Crippen molar-refractivity contribution in [2.75, 3.05) is 0 Å². The molecule has 0 aliphatic rings. The van der Waals surface area contributed by atoms with Crippen molar-refractivity contribution >= 4 is 87.2 Å². The highest BCUT2D eigenvalue weighted by Gasteiger charge is 2.22. The second kappa shape index (κ2) is 12.2. The van der Waals surface area contributed by atoms with Gasteiger partial charge in [-0.05, 0) is 82.6 Å². The first kappa shape index (κ1) is 32.1. The Morgan fingerprint density at radius 1 is 0.373 bits per heavy atom. The van der Waals surface area contributed by atoms with E-state index < -0.39 is 0 Å². The molecule has 0 bridgehead atoms. The van der Waals surface area contributed by atoms with Gasteiger partial charge in [-0.3, -0.25) is 4.57 Å². The van der Waals surface area contributed by atoms with Crippen LogP contribution in [-0.2, 0) is 0 Å². The Hall–Kier alpha value is -8.02. The van der Waals surface area contributed by atoms with Gasteiger partial charge in [0.05, 0.1) is 38.7 Å². The minimum atomic E-state index is 0.624. The van der Waals surface area contributed by atoms with Crippen LogP contribution in [0.5, 0.6) is 0 Å². The molecule has 13 rings (SSSR count). The molecule has 274 valence electrons. The molecule has 0 fully saturated rings. The Bertz CT molecular complexity index is 3830. The van der Waals surface area contributed by atoms with E-state index in [9.17, 15) is 0 Å². The molecule has 0 radical (unpaired) electrons. The van der Waals surface area contributed by atoms with Crippen LogP contribution in [0.25, 0.3) is 121 Å². The lowest BCUT2D eigenvalue weighted by atomic mass is 9.98. The molecule has 0 atom stereocenters. The van der Waals surface area contributed by atoms with Crippen molar-refractivity contribution in [2.45, 2.75) is 0 Å². The van der Waals surface area contributed by atoms with Crippen LogP contribution >= 0.6 is 0 Å². The van der Waals surface area contributed by atoms with Crippen LogP contribution in [0, 0.1) is 0 Å². The minimum Gasteiger partial charge on any atom is -0.456 e. The summed E-state index contributed by atoms with van der Waals surface area (Å²) in [5.41, 5.74) is 12.5. The number of furan rings is 1. The maximum atomic E-state index is 6.39. The summed E-state index contributed by atoms with van der Waals surface area (Å²) in [5, 5.41) is 10.4. The number of nitrogens with zero attached hydrogens (tertiary/aromatic N) is 4. The molecule has 5 heteroatoms. The molecular formula is C54H32N4O. The highest BCUT2D eigenvalue weighted by molar-refractivity contribution is 6.25. The first-order valence-corrected chi connectivity index (χ1v) is 20.0. The largest absolute Gasteiger partial charge is 0.456 e. The highest BCUT2D eigenvalue weighted by Crippen LogP contribution is 2.42. The maximum Gasteiger partial charge on any atom is 0.235 e. The van der Waals surface area contributed by atoms with Gasteiger partial charge in [-0.1, -0.05) is 133 Å². The van der Waals surface area contributed by atoms with E-state index in [2.05, 4.69) is 185 Å². The maximum absolute atomic E-state index is 6.39. The third kappa shape index (κ3) is 4.67. The number of rotatable bonds is 4. The average molecular weight is 753 g/mol. The summed E-state index contributed by atoms with van der Waals surface area (Å²) >= 11 is 0. The Labute approximate surface area is 337 Å². The normalized spacial score (nSPS) is 12.1. The lowest BCUT2D eigenvalue weighted by Crippen LogP contribution is -2.03. The van der Waals surface area contributed by atoms with Crippen LogP contribution in [0.2, 0.25) is 0 Å². The van der Waals surface area contributed by atoms with Crippen LogP contribution in [-0.4, -0.2) is 19.1 Å².